The van der Waals surface area contributed by atoms with Gasteiger partial charge in [0, 0.05) is 19.0 Å². The van der Waals surface area contributed by atoms with Gasteiger partial charge in [-0.3, -0.25) is 9.69 Å². The molecule has 7 heteroatoms. The Morgan fingerprint density at radius 1 is 1.63 bits per heavy atom. The molecule has 1 aromatic rings. The van der Waals surface area contributed by atoms with E-state index in [0.717, 1.165) is 0 Å². The van der Waals surface area contributed by atoms with Crippen LogP contribution in [0.2, 0.25) is 0 Å². The molecule has 1 fully saturated rings. The second-order valence-electron chi connectivity index (χ2n) is 4.49. The zero-order chi connectivity index (χ0) is 14.0. The molecule has 1 N–H and O–H groups in total. The number of carboxylic acids is 1. The van der Waals surface area contributed by atoms with Crippen molar-refractivity contribution >= 4 is 5.97 Å². The lowest BCUT2D eigenvalue weighted by Crippen LogP contribution is -2.35. The number of nitrogens with zero attached hydrogens (tertiary/aromatic N) is 2. The maximum Gasteiger partial charge on any atom is 0.321 e. The molecule has 0 aliphatic carbocycles. The van der Waals surface area contributed by atoms with E-state index in [1.165, 1.54) is 12.0 Å². The van der Waals surface area contributed by atoms with Gasteiger partial charge in [0.1, 0.15) is 6.04 Å². The molecule has 0 spiro atoms. The molecule has 5 nitrogen and oxygen atoms in total. The van der Waals surface area contributed by atoms with Crippen LogP contribution in [0.1, 0.15) is 12.1 Å². The van der Waals surface area contributed by atoms with Crippen molar-refractivity contribution in [1.29, 1.82) is 0 Å². The number of carboxylic acid groups (broad SMARTS) is 1. The third-order valence-corrected chi connectivity index (χ3v) is 3.01. The van der Waals surface area contributed by atoms with Gasteiger partial charge in [-0.05, 0) is 6.07 Å². The Labute approximate surface area is 108 Å². The van der Waals surface area contributed by atoms with E-state index in [1.54, 1.807) is 18.2 Å². The molecule has 2 heterocycles. The van der Waals surface area contributed by atoms with Crippen LogP contribution in [0, 0.1) is 0 Å². The van der Waals surface area contributed by atoms with E-state index in [9.17, 15) is 13.6 Å². The highest BCUT2D eigenvalue weighted by atomic mass is 19.3. The molecule has 1 atom stereocenters. The van der Waals surface area contributed by atoms with Crippen molar-refractivity contribution in [1.82, 2.24) is 9.88 Å². The van der Waals surface area contributed by atoms with Crippen molar-refractivity contribution in [2.24, 2.45) is 0 Å². The van der Waals surface area contributed by atoms with Crippen LogP contribution in [0.15, 0.2) is 18.2 Å². The van der Waals surface area contributed by atoms with Crippen LogP contribution in [-0.4, -0.2) is 46.6 Å². The van der Waals surface area contributed by atoms with Crippen molar-refractivity contribution in [3.63, 3.8) is 0 Å². The molecule has 0 radical (unpaired) electrons. The molecule has 1 saturated heterocycles. The molecule has 0 bridgehead atoms. The summed E-state index contributed by atoms with van der Waals surface area (Å²) in [5, 5.41) is 8.97. The number of pyridine rings is 1. The van der Waals surface area contributed by atoms with E-state index >= 15 is 0 Å². The quantitative estimate of drug-likeness (QED) is 0.897. The Hall–Kier alpha value is -1.76. The third kappa shape index (κ3) is 3.17. The van der Waals surface area contributed by atoms with Crippen LogP contribution >= 0.6 is 0 Å². The fourth-order valence-corrected chi connectivity index (χ4v) is 2.16. The molecule has 0 saturated carbocycles. The smallest absolute Gasteiger partial charge is 0.321 e. The number of hydrogen-bond acceptors (Lipinski definition) is 4. The Morgan fingerprint density at radius 2 is 2.37 bits per heavy atom. The first-order chi connectivity index (χ1) is 8.91. The van der Waals surface area contributed by atoms with Crippen LogP contribution in [0.25, 0.3) is 0 Å². The summed E-state index contributed by atoms with van der Waals surface area (Å²) in [6.45, 7) is -0.507. The fourth-order valence-electron chi connectivity index (χ4n) is 2.16. The number of halogens is 2. The Balaban J connectivity index is 2.14. The first-order valence-electron chi connectivity index (χ1n) is 5.76. The van der Waals surface area contributed by atoms with Gasteiger partial charge >= 0.3 is 5.97 Å². The number of methoxy groups -OCH3 is 1. The second kappa shape index (κ2) is 5.08. The second-order valence-corrected chi connectivity index (χ2v) is 4.49. The molecule has 0 amide bonds. The van der Waals surface area contributed by atoms with Gasteiger partial charge in [0.05, 0.1) is 19.3 Å². The SMILES string of the molecule is COc1cccc(CN2CC(F)(F)C[C@@H]2C(=O)O)n1. The average molecular weight is 272 g/mol. The highest BCUT2D eigenvalue weighted by Gasteiger charge is 2.48. The van der Waals surface area contributed by atoms with Crippen molar-refractivity contribution in [3.05, 3.63) is 23.9 Å². The highest BCUT2D eigenvalue weighted by molar-refractivity contribution is 5.74. The van der Waals surface area contributed by atoms with E-state index in [2.05, 4.69) is 4.98 Å². The first-order valence-corrected chi connectivity index (χ1v) is 5.76. The highest BCUT2D eigenvalue weighted by Crippen LogP contribution is 2.33. The molecule has 0 unspecified atom stereocenters. The monoisotopic (exact) mass is 272 g/mol. The number of aromatic nitrogens is 1. The van der Waals surface area contributed by atoms with Crippen molar-refractivity contribution in [2.45, 2.75) is 24.9 Å². The maximum absolute atomic E-state index is 13.3. The van der Waals surface area contributed by atoms with Gasteiger partial charge in [0.2, 0.25) is 5.88 Å². The molecule has 1 aromatic heterocycles. The lowest BCUT2D eigenvalue weighted by Gasteiger charge is -2.19. The fraction of sp³-hybridized carbons (Fsp3) is 0.500. The summed E-state index contributed by atoms with van der Waals surface area (Å²) in [6, 6.07) is 3.79. The number of aliphatic carboxylic acids is 1. The van der Waals surface area contributed by atoms with Crippen LogP contribution in [0.4, 0.5) is 8.78 Å². The van der Waals surface area contributed by atoms with Gasteiger partial charge in [0.25, 0.3) is 5.92 Å². The average Bonchev–Trinajstić information content (AvgIpc) is 2.65. The molecule has 104 valence electrons. The number of carbonyl (C=O) groups is 1. The van der Waals surface area contributed by atoms with Gasteiger partial charge in [-0.15, -0.1) is 0 Å². The lowest BCUT2D eigenvalue weighted by molar-refractivity contribution is -0.142. The molecular formula is C12H14F2N2O3. The lowest BCUT2D eigenvalue weighted by atomic mass is 10.2. The van der Waals surface area contributed by atoms with Gasteiger partial charge in [-0.1, -0.05) is 6.07 Å². The van der Waals surface area contributed by atoms with Crippen molar-refractivity contribution in [3.8, 4) is 5.88 Å². The van der Waals surface area contributed by atoms with Crippen LogP contribution in [0.5, 0.6) is 5.88 Å². The first kappa shape index (κ1) is 13.7. The van der Waals surface area contributed by atoms with Crippen LogP contribution in [0.3, 0.4) is 0 Å². The summed E-state index contributed by atoms with van der Waals surface area (Å²) in [4.78, 5) is 16.3. The minimum absolute atomic E-state index is 0.0593. The largest absolute Gasteiger partial charge is 0.481 e. The Morgan fingerprint density at radius 3 is 3.00 bits per heavy atom. The van der Waals surface area contributed by atoms with E-state index in [-0.39, 0.29) is 6.54 Å². The van der Waals surface area contributed by atoms with Gasteiger partial charge in [0.15, 0.2) is 0 Å². The summed E-state index contributed by atoms with van der Waals surface area (Å²) in [5.41, 5.74) is 0.503. The summed E-state index contributed by atoms with van der Waals surface area (Å²) >= 11 is 0. The van der Waals surface area contributed by atoms with E-state index < -0.39 is 30.9 Å². The maximum atomic E-state index is 13.3. The zero-order valence-electron chi connectivity index (χ0n) is 10.3. The number of alkyl halides is 2. The Bertz CT molecular complexity index is 482. The number of hydrogen-bond donors (Lipinski definition) is 1. The topological polar surface area (TPSA) is 62.7 Å². The van der Waals surface area contributed by atoms with Crippen LogP contribution < -0.4 is 4.74 Å². The zero-order valence-corrected chi connectivity index (χ0v) is 10.3. The van der Waals surface area contributed by atoms with E-state index in [4.69, 9.17) is 9.84 Å². The third-order valence-electron chi connectivity index (χ3n) is 3.01. The van der Waals surface area contributed by atoms with Crippen molar-refractivity contribution < 1.29 is 23.4 Å². The minimum atomic E-state index is -2.97. The minimum Gasteiger partial charge on any atom is -0.481 e. The van der Waals surface area contributed by atoms with Crippen LogP contribution in [-0.2, 0) is 11.3 Å². The molecule has 19 heavy (non-hydrogen) atoms. The molecule has 1 aliphatic rings. The van der Waals surface area contributed by atoms with E-state index in [0.29, 0.717) is 11.6 Å². The number of likely N-dealkylation sites (tertiary alicyclic amines) is 1. The summed E-state index contributed by atoms with van der Waals surface area (Å²) in [5.74, 6) is -3.84. The molecule has 0 aromatic carbocycles. The standard InChI is InChI=1S/C12H14F2N2O3/c1-19-10-4-2-3-8(15-10)6-16-7-12(13,14)5-9(16)11(17)18/h2-4,9H,5-7H2,1H3,(H,17,18)/t9-/m1/s1. The number of ether oxygens (including phenoxy) is 1. The van der Waals surface area contributed by atoms with Crippen molar-refractivity contribution in [2.75, 3.05) is 13.7 Å². The van der Waals surface area contributed by atoms with E-state index in [1.807, 2.05) is 0 Å². The predicted molar refractivity (Wildman–Crippen MR) is 62.2 cm³/mol. The molecule has 2 rings (SSSR count). The molecule has 1 aliphatic heterocycles. The predicted octanol–water partition coefficient (Wildman–Crippen LogP) is 1.38. The number of rotatable bonds is 4. The molecular weight excluding hydrogens is 258 g/mol. The van der Waals surface area contributed by atoms with Gasteiger partial charge in [-0.2, -0.15) is 0 Å². The summed E-state index contributed by atoms with van der Waals surface area (Å²) in [6.07, 6.45) is -0.660. The van der Waals surface area contributed by atoms with Gasteiger partial charge < -0.3 is 9.84 Å². The summed E-state index contributed by atoms with van der Waals surface area (Å²) < 4.78 is 31.5. The Kier molecular flexibility index (Phi) is 3.66. The van der Waals surface area contributed by atoms with Gasteiger partial charge in [-0.25, -0.2) is 13.8 Å². The summed E-state index contributed by atoms with van der Waals surface area (Å²) in [7, 11) is 1.45. The normalized spacial score (nSPS) is 22.4.